The van der Waals surface area contributed by atoms with Crippen LogP contribution >= 0.6 is 0 Å². The third kappa shape index (κ3) is 6.29. The largest absolute Gasteiger partial charge is 1.00 e. The van der Waals surface area contributed by atoms with Crippen molar-refractivity contribution >= 4 is 5.97 Å². The fourth-order valence-corrected chi connectivity index (χ4v) is 1.41. The van der Waals surface area contributed by atoms with E-state index >= 15 is 0 Å². The molecule has 1 aromatic rings. The van der Waals surface area contributed by atoms with Gasteiger partial charge in [0.25, 0.3) is 0 Å². The maximum atomic E-state index is 11.6. The van der Waals surface area contributed by atoms with Gasteiger partial charge in [0.1, 0.15) is 6.10 Å². The van der Waals surface area contributed by atoms with Crippen molar-refractivity contribution in [3.63, 3.8) is 0 Å². The van der Waals surface area contributed by atoms with Crippen LogP contribution in [0.25, 0.3) is 0 Å². The molecule has 0 amide bonds. The minimum Gasteiger partial charge on any atom is -1.00 e. The molecule has 0 aliphatic carbocycles. The third-order valence-corrected chi connectivity index (χ3v) is 2.18. The van der Waals surface area contributed by atoms with Crippen molar-refractivity contribution in [3.8, 4) is 0 Å². The van der Waals surface area contributed by atoms with E-state index in [4.69, 9.17) is 4.74 Å². The van der Waals surface area contributed by atoms with Gasteiger partial charge in [-0.2, -0.15) is 0 Å². The quantitative estimate of drug-likeness (QED) is 0.511. The Hall–Kier alpha value is -1.06. The van der Waals surface area contributed by atoms with Gasteiger partial charge in [-0.15, -0.1) is 0 Å². The summed E-state index contributed by atoms with van der Waals surface area (Å²) in [7, 11) is 5.90. The zero-order chi connectivity index (χ0) is 12.2. The molecule has 1 aromatic carbocycles. The molecule has 0 radical (unpaired) electrons. The van der Waals surface area contributed by atoms with Gasteiger partial charge in [0.15, 0.2) is 6.54 Å². The second kappa shape index (κ2) is 6.62. The number of ether oxygens (including phenoxy) is 1. The van der Waals surface area contributed by atoms with Gasteiger partial charge in [-0.05, 0) is 12.5 Å². The first-order chi connectivity index (χ1) is 7.38. The fraction of sp³-hybridized carbons (Fsp3) is 0.462. The summed E-state index contributed by atoms with van der Waals surface area (Å²) in [5, 5.41) is 0. The number of hydrogen-bond acceptors (Lipinski definition) is 2. The lowest BCUT2D eigenvalue weighted by molar-refractivity contribution is -0.862. The minimum absolute atomic E-state index is 0. The second-order valence-corrected chi connectivity index (χ2v) is 4.99. The third-order valence-electron chi connectivity index (χ3n) is 2.18. The molecule has 0 heterocycles. The Kier molecular flexibility index (Phi) is 6.21. The van der Waals surface area contributed by atoms with Gasteiger partial charge in [-0.1, -0.05) is 30.3 Å². The topological polar surface area (TPSA) is 26.3 Å². The molecule has 4 heteroatoms. The molecule has 0 bridgehead atoms. The van der Waals surface area contributed by atoms with Crippen molar-refractivity contribution < 1.29 is 26.4 Å². The van der Waals surface area contributed by atoms with E-state index in [9.17, 15) is 4.79 Å². The van der Waals surface area contributed by atoms with E-state index in [1.807, 2.05) is 58.4 Å². The predicted octanol–water partition coefficient (Wildman–Crippen LogP) is -0.999. The molecule has 0 spiro atoms. The fourth-order valence-electron chi connectivity index (χ4n) is 1.41. The van der Waals surface area contributed by atoms with Crippen molar-refractivity contribution in [2.24, 2.45) is 0 Å². The number of likely N-dealkylation sites (N-methyl/N-ethyl adjacent to an activating group) is 1. The summed E-state index contributed by atoms with van der Waals surface area (Å²) >= 11 is 0. The Labute approximate surface area is 109 Å². The van der Waals surface area contributed by atoms with Gasteiger partial charge in [0.05, 0.1) is 21.1 Å². The lowest BCUT2D eigenvalue weighted by atomic mass is 10.1. The van der Waals surface area contributed by atoms with E-state index < -0.39 is 0 Å². The maximum Gasteiger partial charge on any atom is 0.362 e. The molecule has 0 aromatic heterocycles. The molecule has 0 aliphatic rings. The van der Waals surface area contributed by atoms with E-state index in [2.05, 4.69) is 0 Å². The summed E-state index contributed by atoms with van der Waals surface area (Å²) in [6.07, 6.45) is -0.180. The van der Waals surface area contributed by atoms with E-state index in [1.165, 1.54) is 0 Å². The first-order valence-electron chi connectivity index (χ1n) is 5.43. The van der Waals surface area contributed by atoms with Crippen molar-refractivity contribution in [3.05, 3.63) is 35.9 Å². The number of halogens is 1. The number of benzene rings is 1. The highest BCUT2D eigenvalue weighted by Gasteiger charge is 2.18. The summed E-state index contributed by atoms with van der Waals surface area (Å²) in [6, 6.07) is 9.76. The molecule has 1 atom stereocenters. The van der Waals surface area contributed by atoms with Crippen LogP contribution in [0.5, 0.6) is 0 Å². The highest BCUT2D eigenvalue weighted by atomic mass is 35.5. The zero-order valence-electron chi connectivity index (χ0n) is 10.8. The molecule has 17 heavy (non-hydrogen) atoms. The first kappa shape index (κ1) is 15.9. The van der Waals surface area contributed by atoms with Crippen molar-refractivity contribution in [2.75, 3.05) is 27.7 Å². The maximum absolute atomic E-state index is 11.6. The van der Waals surface area contributed by atoms with Gasteiger partial charge in [-0.25, -0.2) is 4.79 Å². The summed E-state index contributed by atoms with van der Waals surface area (Å²) < 4.78 is 5.94. The van der Waals surface area contributed by atoms with Crippen LogP contribution in [-0.2, 0) is 9.53 Å². The van der Waals surface area contributed by atoms with Crippen molar-refractivity contribution in [1.29, 1.82) is 0 Å². The van der Waals surface area contributed by atoms with Crippen LogP contribution < -0.4 is 12.4 Å². The number of rotatable bonds is 4. The Morgan fingerprint density at radius 3 is 2.24 bits per heavy atom. The SMILES string of the molecule is CC(OC(=O)C[N+](C)(C)C)c1ccccc1.[Cl-]. The molecule has 0 aliphatic heterocycles. The van der Waals surface area contributed by atoms with Gasteiger partial charge in [-0.3, -0.25) is 0 Å². The van der Waals surface area contributed by atoms with Crippen molar-refractivity contribution in [1.82, 2.24) is 0 Å². The highest BCUT2D eigenvalue weighted by molar-refractivity contribution is 5.70. The smallest absolute Gasteiger partial charge is 0.362 e. The molecule has 96 valence electrons. The van der Waals surface area contributed by atoms with E-state index in [1.54, 1.807) is 0 Å². The molecule has 0 saturated carbocycles. The van der Waals surface area contributed by atoms with Crippen LogP contribution in [0.15, 0.2) is 30.3 Å². The number of esters is 1. The van der Waals surface area contributed by atoms with E-state index in [0.717, 1.165) is 5.56 Å². The molecular formula is C13H20ClNO2. The Morgan fingerprint density at radius 1 is 1.24 bits per heavy atom. The van der Waals surface area contributed by atoms with Crippen LogP contribution in [0.2, 0.25) is 0 Å². The molecule has 0 N–H and O–H groups in total. The first-order valence-corrected chi connectivity index (χ1v) is 5.43. The van der Waals surface area contributed by atoms with Crippen LogP contribution in [0.3, 0.4) is 0 Å². The number of nitrogens with zero attached hydrogens (tertiary/aromatic N) is 1. The zero-order valence-corrected chi connectivity index (χ0v) is 11.6. The van der Waals surface area contributed by atoms with Crippen molar-refractivity contribution in [2.45, 2.75) is 13.0 Å². The summed E-state index contributed by atoms with van der Waals surface area (Å²) in [5.74, 6) is -0.163. The lowest BCUT2D eigenvalue weighted by Crippen LogP contribution is -3.00. The van der Waals surface area contributed by atoms with Crippen LogP contribution in [0.1, 0.15) is 18.6 Å². The monoisotopic (exact) mass is 257 g/mol. The van der Waals surface area contributed by atoms with E-state index in [-0.39, 0.29) is 24.5 Å². The molecule has 3 nitrogen and oxygen atoms in total. The Morgan fingerprint density at radius 2 is 1.76 bits per heavy atom. The summed E-state index contributed by atoms with van der Waals surface area (Å²) in [5.41, 5.74) is 1.03. The number of carbonyl (C=O) groups excluding carboxylic acids is 1. The highest BCUT2D eigenvalue weighted by Crippen LogP contribution is 2.16. The number of hydrogen-bond donors (Lipinski definition) is 0. The average Bonchev–Trinajstić information content (AvgIpc) is 2.16. The second-order valence-electron chi connectivity index (χ2n) is 4.99. The van der Waals surface area contributed by atoms with Gasteiger partial charge in [0, 0.05) is 0 Å². The summed E-state index contributed by atoms with van der Waals surface area (Å²) in [6.45, 7) is 2.28. The molecular weight excluding hydrogens is 238 g/mol. The number of quaternary nitrogens is 1. The normalized spacial score (nSPS) is 12.5. The molecule has 1 rings (SSSR count). The van der Waals surface area contributed by atoms with Gasteiger partial charge < -0.3 is 21.6 Å². The molecule has 0 saturated heterocycles. The van der Waals surface area contributed by atoms with Crippen LogP contribution in [0, 0.1) is 0 Å². The predicted molar refractivity (Wildman–Crippen MR) is 63.8 cm³/mol. The standard InChI is InChI=1S/C13H20NO2.ClH/c1-11(12-8-6-5-7-9-12)16-13(15)10-14(2,3)4;/h5-9,11H,10H2,1-4H3;1H/q+1;/p-1. The average molecular weight is 258 g/mol. The van der Waals surface area contributed by atoms with Gasteiger partial charge >= 0.3 is 5.97 Å². The van der Waals surface area contributed by atoms with Crippen LogP contribution in [0.4, 0.5) is 0 Å². The lowest BCUT2D eigenvalue weighted by Gasteiger charge is -2.23. The van der Waals surface area contributed by atoms with Gasteiger partial charge in [0.2, 0.25) is 0 Å². The van der Waals surface area contributed by atoms with E-state index in [0.29, 0.717) is 11.0 Å². The molecule has 0 fully saturated rings. The summed E-state index contributed by atoms with van der Waals surface area (Å²) in [4.78, 5) is 11.6. The number of carbonyl (C=O) groups is 1. The minimum atomic E-state index is -0.180. The Bertz CT molecular complexity index is 346. The Balaban J connectivity index is 0.00000256. The molecule has 1 unspecified atom stereocenters. The van der Waals surface area contributed by atoms with Crippen LogP contribution in [-0.4, -0.2) is 38.1 Å².